The predicted molar refractivity (Wildman–Crippen MR) is 114 cm³/mol. The minimum absolute atomic E-state index is 0.0798. The summed E-state index contributed by atoms with van der Waals surface area (Å²) in [6.07, 6.45) is 0.261. The fraction of sp³-hybridized carbons (Fsp3) is 0.286. The number of ether oxygens (including phenoxy) is 2. The number of carbonyl (C=O) groups is 2. The summed E-state index contributed by atoms with van der Waals surface area (Å²) in [7, 11) is 1.59. The molecule has 8 heteroatoms. The van der Waals surface area contributed by atoms with Gasteiger partial charge in [-0.3, -0.25) is 9.59 Å². The first-order valence-electron chi connectivity index (χ1n) is 9.22. The number of nitrogens with zero attached hydrogens (tertiary/aromatic N) is 1. The van der Waals surface area contributed by atoms with Gasteiger partial charge in [0.1, 0.15) is 0 Å². The highest BCUT2D eigenvalue weighted by Gasteiger charge is 2.10. The quantitative estimate of drug-likeness (QED) is 0.590. The number of hydrogen-bond acceptors (Lipinski definition) is 6. The lowest BCUT2D eigenvalue weighted by Crippen LogP contribution is -2.24. The Morgan fingerprint density at radius 3 is 2.62 bits per heavy atom. The number of thiazole rings is 1. The zero-order valence-electron chi connectivity index (χ0n) is 16.6. The van der Waals surface area contributed by atoms with Crippen molar-refractivity contribution in [2.75, 3.05) is 19.0 Å². The minimum Gasteiger partial charge on any atom is -0.493 e. The van der Waals surface area contributed by atoms with Crippen LogP contribution >= 0.6 is 11.3 Å². The molecule has 0 aliphatic heterocycles. The van der Waals surface area contributed by atoms with Gasteiger partial charge in [0.2, 0.25) is 11.8 Å². The number of carbonyl (C=O) groups excluding carboxylic acids is 2. The van der Waals surface area contributed by atoms with Crippen LogP contribution < -0.4 is 20.1 Å². The number of hydrogen-bond donors (Lipinski definition) is 2. The van der Waals surface area contributed by atoms with Gasteiger partial charge in [-0.25, -0.2) is 4.98 Å². The van der Waals surface area contributed by atoms with Crippen LogP contribution in [0, 0.1) is 0 Å². The fourth-order valence-electron chi connectivity index (χ4n) is 2.83. The van der Waals surface area contributed by atoms with Crippen LogP contribution in [0.25, 0.3) is 10.2 Å². The Bertz CT molecular complexity index is 1030. The van der Waals surface area contributed by atoms with Crippen molar-refractivity contribution in [2.45, 2.75) is 26.8 Å². The second-order valence-corrected chi connectivity index (χ2v) is 7.40. The zero-order valence-corrected chi connectivity index (χ0v) is 17.4. The van der Waals surface area contributed by atoms with Crippen LogP contribution in [0.1, 0.15) is 25.0 Å². The molecule has 0 saturated carbocycles. The highest BCUT2D eigenvalue weighted by atomic mass is 32.1. The van der Waals surface area contributed by atoms with Gasteiger partial charge in [0.25, 0.3) is 0 Å². The van der Waals surface area contributed by atoms with Gasteiger partial charge in [-0.2, -0.15) is 0 Å². The summed E-state index contributed by atoms with van der Waals surface area (Å²) in [6, 6.07) is 11.3. The lowest BCUT2D eigenvalue weighted by Gasteiger charge is -2.11. The molecular weight excluding hydrogens is 390 g/mol. The van der Waals surface area contributed by atoms with Gasteiger partial charge in [0.05, 0.1) is 30.4 Å². The van der Waals surface area contributed by atoms with Crippen molar-refractivity contribution in [3.8, 4) is 11.5 Å². The molecule has 3 rings (SSSR count). The lowest BCUT2D eigenvalue weighted by atomic mass is 10.1. The summed E-state index contributed by atoms with van der Waals surface area (Å²) in [5.74, 6) is 1.09. The first kappa shape index (κ1) is 20.6. The minimum atomic E-state index is -0.158. The third kappa shape index (κ3) is 5.45. The molecule has 0 bridgehead atoms. The highest BCUT2D eigenvalue weighted by molar-refractivity contribution is 7.22. The van der Waals surface area contributed by atoms with Gasteiger partial charge in [0, 0.05) is 13.5 Å². The summed E-state index contributed by atoms with van der Waals surface area (Å²) in [5.41, 5.74) is 2.61. The van der Waals surface area contributed by atoms with Gasteiger partial charge in [-0.1, -0.05) is 23.5 Å². The Balaban J connectivity index is 1.61. The topological polar surface area (TPSA) is 89.5 Å². The largest absolute Gasteiger partial charge is 0.493 e. The molecule has 2 amide bonds. The number of benzene rings is 2. The molecule has 7 nitrogen and oxygen atoms in total. The molecule has 0 aliphatic rings. The van der Waals surface area contributed by atoms with Gasteiger partial charge in [-0.15, -0.1) is 0 Å². The Hall–Kier alpha value is -3.13. The van der Waals surface area contributed by atoms with E-state index in [-0.39, 0.29) is 18.2 Å². The van der Waals surface area contributed by atoms with Crippen LogP contribution in [0.2, 0.25) is 0 Å². The Kier molecular flexibility index (Phi) is 6.66. The number of aromatic nitrogens is 1. The first-order chi connectivity index (χ1) is 14.0. The first-order valence-corrected chi connectivity index (χ1v) is 10.0. The molecule has 2 N–H and O–H groups in total. The molecule has 1 aromatic heterocycles. The molecule has 0 atom stereocenters. The predicted octanol–water partition coefficient (Wildman–Crippen LogP) is 3.52. The van der Waals surface area contributed by atoms with Crippen LogP contribution in [0.3, 0.4) is 0 Å². The van der Waals surface area contributed by atoms with Gasteiger partial charge in [0.15, 0.2) is 16.6 Å². The van der Waals surface area contributed by atoms with E-state index in [9.17, 15) is 9.59 Å². The molecule has 2 aromatic carbocycles. The van der Waals surface area contributed by atoms with Crippen LogP contribution in [-0.4, -0.2) is 30.5 Å². The molecule has 29 heavy (non-hydrogen) atoms. The number of amides is 2. The Morgan fingerprint density at radius 2 is 1.90 bits per heavy atom. The standard InChI is InChI=1S/C21H23N3O4S/c1-4-28-17-8-6-15(9-18(17)27-3)12-22-20(26)11-14-5-7-16-19(10-14)29-21(24-16)23-13(2)25/h5-10H,4,11-12H2,1-3H3,(H,22,26)(H,23,24,25). The van der Waals surface area contributed by atoms with Crippen LogP contribution in [0.4, 0.5) is 5.13 Å². The average Bonchev–Trinajstić information content (AvgIpc) is 3.08. The Labute approximate surface area is 173 Å². The SMILES string of the molecule is CCOc1ccc(CNC(=O)Cc2ccc3nc(NC(C)=O)sc3c2)cc1OC. The summed E-state index contributed by atoms with van der Waals surface area (Å²) < 4.78 is 11.8. The van der Waals surface area contributed by atoms with E-state index in [0.29, 0.717) is 29.8 Å². The van der Waals surface area contributed by atoms with Crippen molar-refractivity contribution in [2.24, 2.45) is 0 Å². The number of methoxy groups -OCH3 is 1. The normalized spacial score (nSPS) is 10.6. The fourth-order valence-corrected chi connectivity index (χ4v) is 3.80. The van der Waals surface area contributed by atoms with Crippen molar-refractivity contribution in [1.29, 1.82) is 0 Å². The second kappa shape index (κ2) is 9.38. The molecule has 0 aliphatic carbocycles. The maximum Gasteiger partial charge on any atom is 0.224 e. The van der Waals surface area contributed by atoms with Gasteiger partial charge in [-0.05, 0) is 42.3 Å². The number of anilines is 1. The maximum absolute atomic E-state index is 12.4. The van der Waals surface area contributed by atoms with E-state index in [0.717, 1.165) is 21.3 Å². The summed E-state index contributed by atoms with van der Waals surface area (Å²) >= 11 is 1.39. The van der Waals surface area contributed by atoms with Crippen molar-refractivity contribution in [3.05, 3.63) is 47.5 Å². The van der Waals surface area contributed by atoms with Crippen molar-refractivity contribution < 1.29 is 19.1 Å². The van der Waals surface area contributed by atoms with E-state index in [4.69, 9.17) is 9.47 Å². The summed E-state index contributed by atoms with van der Waals surface area (Å²) in [4.78, 5) is 27.9. The summed E-state index contributed by atoms with van der Waals surface area (Å²) in [5, 5.41) is 6.16. The van der Waals surface area contributed by atoms with E-state index < -0.39 is 0 Å². The Morgan fingerprint density at radius 1 is 1.10 bits per heavy atom. The van der Waals surface area contributed by atoms with Crippen molar-refractivity contribution in [3.63, 3.8) is 0 Å². The lowest BCUT2D eigenvalue weighted by molar-refractivity contribution is -0.120. The molecule has 1 heterocycles. The van der Waals surface area contributed by atoms with Crippen molar-refractivity contribution >= 4 is 38.5 Å². The molecule has 152 valence electrons. The highest BCUT2D eigenvalue weighted by Crippen LogP contribution is 2.28. The molecule has 0 fully saturated rings. The second-order valence-electron chi connectivity index (χ2n) is 6.37. The molecule has 0 spiro atoms. The van der Waals surface area contributed by atoms with Gasteiger partial charge >= 0.3 is 0 Å². The average molecular weight is 413 g/mol. The number of rotatable bonds is 8. The van der Waals surface area contributed by atoms with Crippen LogP contribution in [0.15, 0.2) is 36.4 Å². The summed E-state index contributed by atoms with van der Waals surface area (Å²) in [6.45, 7) is 4.32. The van der Waals surface area contributed by atoms with Gasteiger partial charge < -0.3 is 20.1 Å². The maximum atomic E-state index is 12.4. The van der Waals surface area contributed by atoms with Crippen LogP contribution in [-0.2, 0) is 22.6 Å². The van der Waals surface area contributed by atoms with Crippen molar-refractivity contribution in [1.82, 2.24) is 10.3 Å². The molecule has 0 radical (unpaired) electrons. The van der Waals surface area contributed by atoms with E-state index in [1.807, 2.05) is 43.3 Å². The number of nitrogens with one attached hydrogen (secondary N) is 2. The third-order valence-corrected chi connectivity index (χ3v) is 5.05. The monoisotopic (exact) mass is 413 g/mol. The van der Waals surface area contributed by atoms with E-state index in [1.54, 1.807) is 7.11 Å². The molecular formula is C21H23N3O4S. The zero-order chi connectivity index (χ0) is 20.8. The smallest absolute Gasteiger partial charge is 0.224 e. The third-order valence-electron chi connectivity index (χ3n) is 4.12. The molecule has 0 unspecified atom stereocenters. The van der Waals surface area contributed by atoms with E-state index >= 15 is 0 Å². The number of fused-ring (bicyclic) bond motifs is 1. The van der Waals surface area contributed by atoms with Crippen LogP contribution in [0.5, 0.6) is 11.5 Å². The van der Waals surface area contributed by atoms with E-state index in [2.05, 4.69) is 15.6 Å². The molecule has 3 aromatic rings. The van der Waals surface area contributed by atoms with E-state index in [1.165, 1.54) is 18.3 Å². The molecule has 0 saturated heterocycles.